The molecule has 0 amide bonds. The highest BCUT2D eigenvalue weighted by Gasteiger charge is 2.00. The Bertz CT molecular complexity index is 54.5. The molecule has 0 nitrogen and oxygen atoms in total. The molecule has 0 aromatic carbocycles. The van der Waals surface area contributed by atoms with Gasteiger partial charge in [-0.05, 0) is 11.7 Å². The van der Waals surface area contributed by atoms with Gasteiger partial charge < -0.3 is 0 Å². The van der Waals surface area contributed by atoms with Crippen LogP contribution >= 0.6 is 12.6 Å². The van der Waals surface area contributed by atoms with Gasteiger partial charge in [-0.25, -0.2) is 0 Å². The lowest BCUT2D eigenvalue weighted by atomic mass is 9.82. The Labute approximate surface area is 58.9 Å². The Balaban J connectivity index is 3.10. The Morgan fingerprint density at radius 1 is 1.50 bits per heavy atom. The van der Waals surface area contributed by atoms with Crippen molar-refractivity contribution in [2.24, 2.45) is 5.92 Å². The van der Waals surface area contributed by atoms with E-state index in [9.17, 15) is 0 Å². The summed E-state index contributed by atoms with van der Waals surface area (Å²) in [6.45, 7) is 4.34. The zero-order valence-corrected chi connectivity index (χ0v) is 6.49. The van der Waals surface area contributed by atoms with E-state index in [2.05, 4.69) is 26.5 Å². The first-order chi connectivity index (χ1) is 3.66. The van der Waals surface area contributed by atoms with Crippen LogP contribution in [0.2, 0.25) is 5.82 Å². The molecule has 2 radical (unpaired) electrons. The first kappa shape index (κ1) is 8.41. The van der Waals surface area contributed by atoms with Crippen molar-refractivity contribution >= 4 is 20.5 Å². The third-order valence-corrected chi connectivity index (χ3v) is 1.48. The Morgan fingerprint density at radius 3 is 2.12 bits per heavy atom. The monoisotopic (exact) mass is 128 g/mol. The molecule has 0 rings (SSSR count). The van der Waals surface area contributed by atoms with Crippen molar-refractivity contribution in [3.63, 3.8) is 0 Å². The largest absolute Gasteiger partial charge is 0.180 e. The maximum Gasteiger partial charge on any atom is 0.0710 e. The van der Waals surface area contributed by atoms with Crippen LogP contribution in [0.25, 0.3) is 0 Å². The summed E-state index contributed by atoms with van der Waals surface area (Å²) < 4.78 is 0. The van der Waals surface area contributed by atoms with Crippen LogP contribution in [-0.4, -0.2) is 13.6 Å². The van der Waals surface area contributed by atoms with Gasteiger partial charge in [-0.15, -0.1) is 0 Å². The van der Waals surface area contributed by atoms with E-state index in [-0.39, 0.29) is 0 Å². The summed E-state index contributed by atoms with van der Waals surface area (Å²) in [5, 5.41) is 0. The topological polar surface area (TPSA) is 0 Å². The minimum atomic E-state index is 0.290. The molecule has 1 atom stereocenters. The van der Waals surface area contributed by atoms with E-state index >= 15 is 0 Å². The highest BCUT2D eigenvalue weighted by atomic mass is 32.1. The molecule has 8 heavy (non-hydrogen) atoms. The van der Waals surface area contributed by atoms with Crippen LogP contribution in [-0.2, 0) is 0 Å². The molecule has 2 heteroatoms. The predicted molar refractivity (Wildman–Crippen MR) is 42.8 cm³/mol. The van der Waals surface area contributed by atoms with Crippen molar-refractivity contribution in [2.75, 3.05) is 5.75 Å². The van der Waals surface area contributed by atoms with Crippen molar-refractivity contribution in [2.45, 2.75) is 26.1 Å². The molecule has 0 aromatic rings. The van der Waals surface area contributed by atoms with Crippen molar-refractivity contribution in [3.05, 3.63) is 0 Å². The van der Waals surface area contributed by atoms with Crippen LogP contribution in [0.5, 0.6) is 0 Å². The van der Waals surface area contributed by atoms with E-state index in [1.165, 1.54) is 0 Å². The molecule has 1 unspecified atom stereocenters. The van der Waals surface area contributed by atoms with Gasteiger partial charge in [-0.3, -0.25) is 0 Å². The second-order valence-electron chi connectivity index (χ2n) is 2.57. The lowest BCUT2D eigenvalue weighted by Gasteiger charge is -2.09. The lowest BCUT2D eigenvalue weighted by molar-refractivity contribution is 0.579. The third kappa shape index (κ3) is 4.57. The SMILES string of the molecule is [B]C(CS)CC(C)C. The molecular weight excluding hydrogens is 115 g/mol. The first-order valence-corrected chi connectivity index (χ1v) is 3.66. The molecule has 0 aliphatic rings. The van der Waals surface area contributed by atoms with E-state index < -0.39 is 0 Å². The molecule has 0 fully saturated rings. The Morgan fingerprint density at radius 2 is 2.00 bits per heavy atom. The Hall–Kier alpha value is 0.415. The average Bonchev–Trinajstić information content (AvgIpc) is 1.65. The van der Waals surface area contributed by atoms with E-state index in [1.807, 2.05) is 0 Å². The van der Waals surface area contributed by atoms with Gasteiger partial charge in [0, 0.05) is 0 Å². The molecule has 0 saturated carbocycles. The number of rotatable bonds is 3. The third-order valence-electron chi connectivity index (χ3n) is 1.01. The summed E-state index contributed by atoms with van der Waals surface area (Å²) in [5.74, 6) is 1.80. The molecule has 0 bridgehead atoms. The summed E-state index contributed by atoms with van der Waals surface area (Å²) >= 11 is 4.07. The van der Waals surface area contributed by atoms with Gasteiger partial charge in [-0.2, -0.15) is 12.6 Å². The van der Waals surface area contributed by atoms with E-state index in [4.69, 9.17) is 7.85 Å². The Kier molecular flexibility index (Phi) is 4.53. The van der Waals surface area contributed by atoms with Gasteiger partial charge in [0.1, 0.15) is 0 Å². The second kappa shape index (κ2) is 4.31. The van der Waals surface area contributed by atoms with Crippen molar-refractivity contribution in [1.29, 1.82) is 0 Å². The summed E-state index contributed by atoms with van der Waals surface area (Å²) in [5.41, 5.74) is 0. The normalized spacial score (nSPS) is 14.5. The van der Waals surface area contributed by atoms with Crippen LogP contribution in [0.1, 0.15) is 20.3 Å². The van der Waals surface area contributed by atoms with Crippen LogP contribution in [0.15, 0.2) is 0 Å². The molecule has 46 valence electrons. The van der Waals surface area contributed by atoms with Gasteiger partial charge in [0.2, 0.25) is 0 Å². The maximum absolute atomic E-state index is 5.60. The second-order valence-corrected chi connectivity index (χ2v) is 2.94. The number of hydrogen-bond donors (Lipinski definition) is 1. The van der Waals surface area contributed by atoms with Crippen LogP contribution < -0.4 is 0 Å². The lowest BCUT2D eigenvalue weighted by Crippen LogP contribution is -1.98. The minimum Gasteiger partial charge on any atom is -0.180 e. The zero-order chi connectivity index (χ0) is 6.57. The van der Waals surface area contributed by atoms with E-state index in [1.54, 1.807) is 0 Å². The standard InChI is InChI=1S/C6H13BS/c1-5(2)3-6(7)4-8/h5-6,8H,3-4H2,1-2H3. The predicted octanol–water partition coefficient (Wildman–Crippen LogP) is 1.92. The molecule has 0 aliphatic heterocycles. The quantitative estimate of drug-likeness (QED) is 0.435. The highest BCUT2D eigenvalue weighted by Crippen LogP contribution is 2.13. The van der Waals surface area contributed by atoms with E-state index in [0.717, 1.165) is 12.2 Å². The van der Waals surface area contributed by atoms with Gasteiger partial charge in [0.25, 0.3) is 0 Å². The van der Waals surface area contributed by atoms with Crippen LogP contribution in [0.3, 0.4) is 0 Å². The minimum absolute atomic E-state index is 0.290. The van der Waals surface area contributed by atoms with Gasteiger partial charge in [0.05, 0.1) is 7.85 Å². The summed E-state index contributed by atoms with van der Waals surface area (Å²) in [7, 11) is 5.60. The van der Waals surface area contributed by atoms with Gasteiger partial charge in [0.15, 0.2) is 0 Å². The molecule has 0 heterocycles. The molecule has 0 aliphatic carbocycles. The molecule has 0 saturated heterocycles. The first-order valence-electron chi connectivity index (χ1n) is 3.03. The zero-order valence-electron chi connectivity index (χ0n) is 5.59. The fourth-order valence-electron chi connectivity index (χ4n) is 0.680. The fourth-order valence-corrected chi connectivity index (χ4v) is 0.829. The van der Waals surface area contributed by atoms with Crippen molar-refractivity contribution < 1.29 is 0 Å². The number of thiol groups is 1. The molecule has 0 spiro atoms. The van der Waals surface area contributed by atoms with Crippen molar-refractivity contribution in [3.8, 4) is 0 Å². The molecular formula is C6H13BS. The molecule has 0 aromatic heterocycles. The summed E-state index contributed by atoms with van der Waals surface area (Å²) in [6, 6.07) is 0. The van der Waals surface area contributed by atoms with Crippen molar-refractivity contribution in [1.82, 2.24) is 0 Å². The molecule has 0 N–H and O–H groups in total. The summed E-state index contributed by atoms with van der Waals surface area (Å²) in [6.07, 6.45) is 1.09. The smallest absolute Gasteiger partial charge is 0.0710 e. The maximum atomic E-state index is 5.60. The number of hydrogen-bond acceptors (Lipinski definition) is 1. The average molecular weight is 128 g/mol. The van der Waals surface area contributed by atoms with Gasteiger partial charge in [-0.1, -0.05) is 26.1 Å². The van der Waals surface area contributed by atoms with E-state index in [0.29, 0.717) is 11.7 Å². The highest BCUT2D eigenvalue weighted by molar-refractivity contribution is 7.80. The van der Waals surface area contributed by atoms with Crippen LogP contribution in [0, 0.1) is 5.92 Å². The van der Waals surface area contributed by atoms with Gasteiger partial charge >= 0.3 is 0 Å². The fraction of sp³-hybridized carbons (Fsp3) is 1.00. The summed E-state index contributed by atoms with van der Waals surface area (Å²) in [4.78, 5) is 0. The van der Waals surface area contributed by atoms with Crippen LogP contribution in [0.4, 0.5) is 0 Å².